The van der Waals surface area contributed by atoms with Crippen LogP contribution in [0.15, 0.2) is 0 Å². The third-order valence-electron chi connectivity index (χ3n) is 18.8. The zero-order valence-corrected chi connectivity index (χ0v) is 67.6. The number of carbonyl (C=O) groups is 4. The predicted molar refractivity (Wildman–Crippen MR) is 409 cm³/mol. The fourth-order valence-electron chi connectivity index (χ4n) is 12.4. The third kappa shape index (κ3) is 74.3. The number of aliphatic hydroxyl groups is 1. The van der Waals surface area contributed by atoms with Crippen molar-refractivity contribution in [2.75, 3.05) is 39.6 Å². The van der Waals surface area contributed by atoms with Crippen LogP contribution in [0.25, 0.3) is 0 Å². The van der Waals surface area contributed by atoms with Gasteiger partial charge in [0.25, 0.3) is 0 Å². The highest BCUT2D eigenvalue weighted by atomic mass is 31.2. The van der Waals surface area contributed by atoms with Gasteiger partial charge in [-0.25, -0.2) is 9.13 Å². The summed E-state index contributed by atoms with van der Waals surface area (Å²) in [5.41, 5.74) is 0. The molecule has 0 aromatic heterocycles. The van der Waals surface area contributed by atoms with Crippen LogP contribution in [0, 0.1) is 23.7 Å². The summed E-state index contributed by atoms with van der Waals surface area (Å²) in [5.74, 6) is 0.991. The van der Waals surface area contributed by atoms with Gasteiger partial charge in [-0.2, -0.15) is 0 Å². The maximum Gasteiger partial charge on any atom is 0.472 e. The minimum atomic E-state index is -4.96. The molecular weight excluding hydrogens is 1310 g/mol. The Balaban J connectivity index is 5.27. The highest BCUT2D eigenvalue weighted by Crippen LogP contribution is 2.45. The van der Waals surface area contributed by atoms with E-state index in [1.807, 2.05) is 0 Å². The van der Waals surface area contributed by atoms with Crippen LogP contribution >= 0.6 is 15.6 Å². The summed E-state index contributed by atoms with van der Waals surface area (Å²) in [6.07, 6.45) is 56.8. The zero-order valence-electron chi connectivity index (χ0n) is 65.8. The lowest BCUT2D eigenvalue weighted by atomic mass is 10.0. The average Bonchev–Trinajstić information content (AvgIpc) is 0.910. The van der Waals surface area contributed by atoms with E-state index >= 15 is 0 Å². The molecule has 0 aromatic carbocycles. The standard InChI is InChI=1S/C81H158O17P2/c1-71(2)57-49-41-33-25-17-13-10-9-11-15-20-31-39-47-55-63-80(85)97-76(67-91-78(83)61-53-45-37-29-19-16-12-14-18-26-34-42-50-58-72(3)4)69-95-99(87,88)93-65-75(82)66-94-100(89,90)96-70-77(98-81(86)64-56-48-40-32-24-22-28-36-44-52-60-74(7)8)68-92-79(84)62-54-46-38-30-23-21-27-35-43-51-59-73(5)6/h71-77,82H,9-70H2,1-8H3,(H,87,88)(H,89,90)/t75-,76-,77-/m1/s1. The number of hydrogen-bond acceptors (Lipinski definition) is 15. The van der Waals surface area contributed by atoms with E-state index in [0.29, 0.717) is 25.7 Å². The van der Waals surface area contributed by atoms with E-state index in [1.165, 1.54) is 218 Å². The lowest BCUT2D eigenvalue weighted by Crippen LogP contribution is -2.30. The Kier molecular flexibility index (Phi) is 68.7. The molecule has 0 spiro atoms. The van der Waals surface area contributed by atoms with Gasteiger partial charge in [0.2, 0.25) is 0 Å². The maximum atomic E-state index is 13.1. The van der Waals surface area contributed by atoms with E-state index in [4.69, 9.17) is 37.0 Å². The summed E-state index contributed by atoms with van der Waals surface area (Å²) in [4.78, 5) is 73.1. The molecule has 19 heteroatoms. The van der Waals surface area contributed by atoms with Crippen molar-refractivity contribution in [2.24, 2.45) is 23.7 Å². The van der Waals surface area contributed by atoms with E-state index in [1.54, 1.807) is 0 Å². The molecule has 5 atom stereocenters. The molecule has 0 rings (SSSR count). The molecule has 17 nitrogen and oxygen atoms in total. The summed E-state index contributed by atoms with van der Waals surface area (Å²) in [5, 5.41) is 10.6. The van der Waals surface area contributed by atoms with E-state index in [-0.39, 0.29) is 25.7 Å². The zero-order chi connectivity index (χ0) is 73.8. The molecule has 0 saturated carbocycles. The molecule has 0 fully saturated rings. The Bertz CT molecular complexity index is 1950. The van der Waals surface area contributed by atoms with Gasteiger partial charge in [-0.1, -0.05) is 364 Å². The second kappa shape index (κ2) is 70.1. The molecule has 3 N–H and O–H groups in total. The van der Waals surface area contributed by atoms with Crippen molar-refractivity contribution < 1.29 is 80.2 Å². The number of unbranched alkanes of at least 4 members (excludes halogenated alkanes) is 44. The summed E-state index contributed by atoms with van der Waals surface area (Å²) in [6, 6.07) is 0. The topological polar surface area (TPSA) is 237 Å². The monoisotopic (exact) mass is 1470 g/mol. The smallest absolute Gasteiger partial charge is 0.462 e. The first kappa shape index (κ1) is 98.1. The van der Waals surface area contributed by atoms with Crippen LogP contribution in [0.4, 0.5) is 0 Å². The van der Waals surface area contributed by atoms with Gasteiger partial charge in [0.15, 0.2) is 12.2 Å². The largest absolute Gasteiger partial charge is 0.472 e. The lowest BCUT2D eigenvalue weighted by molar-refractivity contribution is -0.161. The van der Waals surface area contributed by atoms with Crippen LogP contribution in [0.5, 0.6) is 0 Å². The van der Waals surface area contributed by atoms with Gasteiger partial charge in [-0.05, 0) is 49.4 Å². The molecular formula is C81H158O17P2. The van der Waals surface area contributed by atoms with E-state index < -0.39 is 97.5 Å². The number of phosphoric ester groups is 2. The number of aliphatic hydroxyl groups excluding tert-OH is 1. The molecule has 2 unspecified atom stereocenters. The molecule has 0 aromatic rings. The summed E-state index contributed by atoms with van der Waals surface area (Å²) in [6.45, 7) is 14.3. The molecule has 0 heterocycles. The molecule has 594 valence electrons. The summed E-state index contributed by atoms with van der Waals surface area (Å²) < 4.78 is 68.8. The van der Waals surface area contributed by atoms with Crippen molar-refractivity contribution in [3.05, 3.63) is 0 Å². The van der Waals surface area contributed by atoms with E-state index in [0.717, 1.165) is 114 Å². The van der Waals surface area contributed by atoms with Crippen molar-refractivity contribution >= 4 is 39.5 Å². The molecule has 0 radical (unpaired) electrons. The van der Waals surface area contributed by atoms with Gasteiger partial charge >= 0.3 is 39.5 Å². The van der Waals surface area contributed by atoms with Crippen molar-refractivity contribution in [2.45, 2.75) is 433 Å². The van der Waals surface area contributed by atoms with Crippen LogP contribution in [0.2, 0.25) is 0 Å². The first-order valence-corrected chi connectivity index (χ1v) is 44.7. The van der Waals surface area contributed by atoms with Crippen molar-refractivity contribution in [3.63, 3.8) is 0 Å². The first-order valence-electron chi connectivity index (χ1n) is 41.7. The van der Waals surface area contributed by atoms with Gasteiger partial charge in [0.1, 0.15) is 19.3 Å². The predicted octanol–water partition coefficient (Wildman–Crippen LogP) is 24.0. The normalized spacial score (nSPS) is 14.0. The maximum absolute atomic E-state index is 13.1. The van der Waals surface area contributed by atoms with Crippen molar-refractivity contribution in [1.29, 1.82) is 0 Å². The summed E-state index contributed by atoms with van der Waals surface area (Å²) >= 11 is 0. The van der Waals surface area contributed by atoms with Crippen LogP contribution in [0.3, 0.4) is 0 Å². The highest BCUT2D eigenvalue weighted by molar-refractivity contribution is 7.47. The Morgan fingerprint density at radius 1 is 0.250 bits per heavy atom. The molecule has 0 aliphatic rings. The Morgan fingerprint density at radius 3 is 0.620 bits per heavy atom. The van der Waals surface area contributed by atoms with Gasteiger partial charge in [-0.3, -0.25) is 37.3 Å². The van der Waals surface area contributed by atoms with Gasteiger partial charge in [0, 0.05) is 25.7 Å². The van der Waals surface area contributed by atoms with Crippen molar-refractivity contribution in [3.8, 4) is 0 Å². The Hall–Kier alpha value is -1.94. The third-order valence-corrected chi connectivity index (χ3v) is 20.7. The van der Waals surface area contributed by atoms with E-state index in [2.05, 4.69) is 55.4 Å². The molecule has 100 heavy (non-hydrogen) atoms. The Morgan fingerprint density at radius 2 is 0.420 bits per heavy atom. The first-order chi connectivity index (χ1) is 48.1. The molecule has 0 saturated heterocycles. The summed E-state index contributed by atoms with van der Waals surface area (Å²) in [7, 11) is -9.92. The van der Waals surface area contributed by atoms with Gasteiger partial charge in [-0.15, -0.1) is 0 Å². The Labute approximate surface area is 613 Å². The number of esters is 4. The number of rotatable bonds is 78. The second-order valence-electron chi connectivity index (χ2n) is 31.1. The quantitative estimate of drug-likeness (QED) is 0.0222. The fourth-order valence-corrected chi connectivity index (χ4v) is 14.0. The average molecular weight is 1470 g/mol. The van der Waals surface area contributed by atoms with Gasteiger partial charge in [0.05, 0.1) is 26.4 Å². The molecule has 0 bridgehead atoms. The van der Waals surface area contributed by atoms with Crippen LogP contribution in [0.1, 0.15) is 415 Å². The SMILES string of the molecule is CC(C)CCCCCCCCCCCCCCCCCC(=O)O[C@H](COC(=O)CCCCCCCCCCCCCCCC(C)C)COP(=O)(O)OC[C@@H](O)COP(=O)(O)OC[C@@H](COC(=O)CCCCCCCCCCCCC(C)C)OC(=O)CCCCCCCCCCCCC(C)C. The van der Waals surface area contributed by atoms with Crippen LogP contribution in [-0.4, -0.2) is 96.7 Å². The van der Waals surface area contributed by atoms with Crippen LogP contribution in [-0.2, 0) is 65.4 Å². The molecule has 0 aliphatic heterocycles. The fraction of sp³-hybridized carbons (Fsp3) is 0.951. The van der Waals surface area contributed by atoms with Gasteiger partial charge < -0.3 is 33.8 Å². The highest BCUT2D eigenvalue weighted by Gasteiger charge is 2.30. The van der Waals surface area contributed by atoms with Crippen LogP contribution < -0.4 is 0 Å². The number of hydrogen-bond donors (Lipinski definition) is 3. The minimum absolute atomic E-state index is 0.106. The number of ether oxygens (including phenoxy) is 4. The second-order valence-corrected chi connectivity index (χ2v) is 34.0. The number of carbonyl (C=O) groups excluding carboxylic acids is 4. The van der Waals surface area contributed by atoms with E-state index in [9.17, 15) is 43.2 Å². The lowest BCUT2D eigenvalue weighted by Gasteiger charge is -2.21. The minimum Gasteiger partial charge on any atom is -0.462 e. The molecule has 0 amide bonds. The molecule has 0 aliphatic carbocycles. The van der Waals surface area contributed by atoms with Crippen molar-refractivity contribution in [1.82, 2.24) is 0 Å². The number of phosphoric acid groups is 2.